The van der Waals surface area contributed by atoms with Crippen LogP contribution in [0.5, 0.6) is 11.5 Å². The van der Waals surface area contributed by atoms with Crippen LogP contribution in [-0.4, -0.2) is 38.2 Å². The first-order chi connectivity index (χ1) is 15.4. The van der Waals surface area contributed by atoms with Crippen LogP contribution in [0.3, 0.4) is 0 Å². The van der Waals surface area contributed by atoms with E-state index >= 15 is 0 Å². The highest BCUT2D eigenvalue weighted by Crippen LogP contribution is 2.27. The molecule has 0 heterocycles. The second-order valence-corrected chi connectivity index (χ2v) is 7.08. The molecule has 0 saturated carbocycles. The molecule has 0 aromatic heterocycles. The van der Waals surface area contributed by atoms with Crippen molar-refractivity contribution < 1.29 is 28.6 Å². The first-order valence-corrected chi connectivity index (χ1v) is 10.2. The number of hydrogen-bond donors (Lipinski definition) is 3. The Morgan fingerprint density at radius 3 is 2.25 bits per heavy atom. The van der Waals surface area contributed by atoms with E-state index in [1.165, 1.54) is 26.4 Å². The lowest BCUT2D eigenvalue weighted by molar-refractivity contribution is -0.125. The maximum absolute atomic E-state index is 12.7. The van der Waals surface area contributed by atoms with Crippen LogP contribution in [0.25, 0.3) is 0 Å². The number of carbonyl (C=O) groups excluding carboxylic acids is 3. The smallest absolute Gasteiger partial charge is 0.408 e. The summed E-state index contributed by atoms with van der Waals surface area (Å²) in [6, 6.07) is 12.9. The van der Waals surface area contributed by atoms with E-state index in [0.717, 1.165) is 5.56 Å². The minimum absolute atomic E-state index is 0.0809. The lowest BCUT2D eigenvalue weighted by Gasteiger charge is -2.23. The van der Waals surface area contributed by atoms with Crippen molar-refractivity contribution in [2.75, 3.05) is 14.2 Å². The quantitative estimate of drug-likeness (QED) is 0.514. The van der Waals surface area contributed by atoms with Crippen LogP contribution in [-0.2, 0) is 16.1 Å². The molecule has 9 heteroatoms. The van der Waals surface area contributed by atoms with E-state index in [-0.39, 0.29) is 18.1 Å². The Balaban J connectivity index is 1.95. The molecular formula is C23H29N3O6. The molecule has 0 aliphatic rings. The van der Waals surface area contributed by atoms with Gasteiger partial charge in [-0.2, -0.15) is 0 Å². The predicted molar refractivity (Wildman–Crippen MR) is 118 cm³/mol. The average Bonchev–Trinajstić information content (AvgIpc) is 2.83. The van der Waals surface area contributed by atoms with Gasteiger partial charge in [-0.25, -0.2) is 4.79 Å². The van der Waals surface area contributed by atoms with E-state index in [2.05, 4.69) is 16.2 Å². The minimum atomic E-state index is -0.894. The molecule has 2 atom stereocenters. The number of nitrogens with one attached hydrogen (secondary N) is 3. The van der Waals surface area contributed by atoms with Gasteiger partial charge < -0.3 is 19.5 Å². The molecule has 172 valence electrons. The fraction of sp³-hybridized carbons (Fsp3) is 0.348. The Kier molecular flexibility index (Phi) is 9.34. The summed E-state index contributed by atoms with van der Waals surface area (Å²) in [5.41, 5.74) is 5.80. The van der Waals surface area contributed by atoms with Crippen LogP contribution in [0.4, 0.5) is 4.79 Å². The van der Waals surface area contributed by atoms with Gasteiger partial charge in [0.25, 0.3) is 11.8 Å². The second kappa shape index (κ2) is 12.2. The van der Waals surface area contributed by atoms with E-state index in [4.69, 9.17) is 14.2 Å². The molecule has 0 aliphatic carbocycles. The summed E-state index contributed by atoms with van der Waals surface area (Å²) in [6.45, 7) is 3.79. The molecule has 9 nitrogen and oxygen atoms in total. The minimum Gasteiger partial charge on any atom is -0.493 e. The van der Waals surface area contributed by atoms with Crippen molar-refractivity contribution in [3.63, 3.8) is 0 Å². The zero-order valence-corrected chi connectivity index (χ0v) is 18.6. The van der Waals surface area contributed by atoms with Crippen molar-refractivity contribution in [1.29, 1.82) is 0 Å². The first-order valence-electron chi connectivity index (χ1n) is 10.2. The van der Waals surface area contributed by atoms with Crippen LogP contribution in [0.15, 0.2) is 48.5 Å². The van der Waals surface area contributed by atoms with E-state index in [0.29, 0.717) is 17.9 Å². The predicted octanol–water partition coefficient (Wildman–Crippen LogP) is 2.81. The highest BCUT2D eigenvalue weighted by atomic mass is 16.5. The van der Waals surface area contributed by atoms with Gasteiger partial charge >= 0.3 is 6.09 Å². The van der Waals surface area contributed by atoms with E-state index in [9.17, 15) is 14.4 Å². The van der Waals surface area contributed by atoms with Gasteiger partial charge in [-0.05, 0) is 29.7 Å². The summed E-state index contributed by atoms with van der Waals surface area (Å²) in [6.07, 6.45) is -0.0961. The Morgan fingerprint density at radius 1 is 0.938 bits per heavy atom. The van der Waals surface area contributed by atoms with Crippen LogP contribution < -0.4 is 25.6 Å². The molecule has 0 spiro atoms. The molecule has 0 radical (unpaired) electrons. The van der Waals surface area contributed by atoms with Gasteiger partial charge in [0.2, 0.25) is 0 Å². The summed E-state index contributed by atoms with van der Waals surface area (Å²) in [5.74, 6) is -0.453. The molecule has 2 unspecified atom stereocenters. The van der Waals surface area contributed by atoms with Crippen molar-refractivity contribution >= 4 is 17.9 Å². The highest BCUT2D eigenvalue weighted by Gasteiger charge is 2.27. The topological polar surface area (TPSA) is 115 Å². The molecule has 2 rings (SSSR count). The summed E-state index contributed by atoms with van der Waals surface area (Å²) >= 11 is 0. The Labute approximate surface area is 187 Å². The highest BCUT2D eigenvalue weighted by molar-refractivity contribution is 5.96. The number of methoxy groups -OCH3 is 2. The second-order valence-electron chi connectivity index (χ2n) is 7.08. The van der Waals surface area contributed by atoms with Gasteiger partial charge in [0, 0.05) is 5.56 Å². The van der Waals surface area contributed by atoms with Crippen LogP contribution >= 0.6 is 0 Å². The molecule has 3 amide bonds. The number of rotatable bonds is 9. The summed E-state index contributed by atoms with van der Waals surface area (Å²) < 4.78 is 15.5. The van der Waals surface area contributed by atoms with Gasteiger partial charge in [-0.1, -0.05) is 50.6 Å². The largest absolute Gasteiger partial charge is 0.493 e. The zero-order valence-electron chi connectivity index (χ0n) is 18.6. The number of benzene rings is 2. The summed E-state index contributed by atoms with van der Waals surface area (Å²) in [5, 5.41) is 2.57. The monoisotopic (exact) mass is 443 g/mol. The SMILES string of the molecule is CCC(C)C(NC(=O)OCc1ccccc1)C(=O)NNC(=O)c1ccc(OC)c(OC)c1. The number of ether oxygens (including phenoxy) is 3. The van der Waals surface area contributed by atoms with Gasteiger partial charge in [0.15, 0.2) is 11.5 Å². The Bertz CT molecular complexity index is 919. The molecule has 2 aromatic rings. The number of hydrazine groups is 1. The van der Waals surface area contributed by atoms with Crippen molar-refractivity contribution in [3.8, 4) is 11.5 Å². The van der Waals surface area contributed by atoms with Crippen molar-refractivity contribution in [3.05, 3.63) is 59.7 Å². The number of hydrogen-bond acceptors (Lipinski definition) is 6. The van der Waals surface area contributed by atoms with Crippen LogP contribution in [0.2, 0.25) is 0 Å². The molecule has 32 heavy (non-hydrogen) atoms. The molecule has 0 bridgehead atoms. The van der Waals surface area contributed by atoms with Gasteiger partial charge in [-0.3, -0.25) is 20.4 Å². The maximum Gasteiger partial charge on any atom is 0.408 e. The van der Waals surface area contributed by atoms with Gasteiger partial charge in [0.1, 0.15) is 12.6 Å². The molecule has 0 fully saturated rings. The fourth-order valence-corrected chi connectivity index (χ4v) is 2.84. The third kappa shape index (κ3) is 6.90. The average molecular weight is 444 g/mol. The van der Waals surface area contributed by atoms with Gasteiger partial charge in [-0.15, -0.1) is 0 Å². The molecular weight excluding hydrogens is 414 g/mol. The third-order valence-electron chi connectivity index (χ3n) is 4.93. The molecule has 0 aliphatic heterocycles. The number of amides is 3. The maximum atomic E-state index is 12.7. The van der Waals surface area contributed by atoms with Gasteiger partial charge in [0.05, 0.1) is 14.2 Å². The Morgan fingerprint density at radius 2 is 1.62 bits per heavy atom. The van der Waals surface area contributed by atoms with Crippen LogP contribution in [0, 0.1) is 5.92 Å². The zero-order chi connectivity index (χ0) is 23.5. The van der Waals surface area contributed by atoms with E-state index in [1.807, 2.05) is 44.2 Å². The first kappa shape index (κ1) is 24.5. The lowest BCUT2D eigenvalue weighted by atomic mass is 9.99. The Hall–Kier alpha value is -3.75. The fourth-order valence-electron chi connectivity index (χ4n) is 2.84. The lowest BCUT2D eigenvalue weighted by Crippen LogP contribution is -2.54. The molecule has 0 saturated heterocycles. The number of carbonyl (C=O) groups is 3. The standard InChI is InChI=1S/C23H29N3O6/c1-5-15(2)20(24-23(29)32-14-16-9-7-6-8-10-16)22(28)26-25-21(27)17-11-12-18(30-3)19(13-17)31-4/h6-13,15,20H,5,14H2,1-4H3,(H,24,29)(H,25,27)(H,26,28). The molecule has 3 N–H and O–H groups in total. The summed E-state index contributed by atoms with van der Waals surface area (Å²) in [7, 11) is 2.95. The van der Waals surface area contributed by atoms with Crippen molar-refractivity contribution in [2.24, 2.45) is 5.92 Å². The summed E-state index contributed by atoms with van der Waals surface area (Å²) in [4.78, 5) is 37.3. The normalized spacial score (nSPS) is 12.1. The van der Waals surface area contributed by atoms with E-state index in [1.54, 1.807) is 6.07 Å². The van der Waals surface area contributed by atoms with Crippen molar-refractivity contribution in [1.82, 2.24) is 16.2 Å². The molecule has 2 aromatic carbocycles. The number of alkyl carbamates (subject to hydrolysis) is 1. The van der Waals surface area contributed by atoms with Crippen molar-refractivity contribution in [2.45, 2.75) is 32.9 Å². The van der Waals surface area contributed by atoms with Crippen LogP contribution in [0.1, 0.15) is 36.2 Å². The van der Waals surface area contributed by atoms with E-state index < -0.39 is 23.9 Å². The third-order valence-corrected chi connectivity index (χ3v) is 4.93.